The third kappa shape index (κ3) is 2.81. The lowest BCUT2D eigenvalue weighted by Gasteiger charge is -2.24. The maximum Gasteiger partial charge on any atom is 0.175 e. The van der Waals surface area contributed by atoms with Gasteiger partial charge in [0, 0.05) is 12.1 Å². The Morgan fingerprint density at radius 3 is 2.48 bits per heavy atom. The van der Waals surface area contributed by atoms with Crippen molar-refractivity contribution in [3.05, 3.63) is 70.1 Å². The molecule has 3 nitrogen and oxygen atoms in total. The largest absolute Gasteiger partial charge is 0.497 e. The van der Waals surface area contributed by atoms with Crippen molar-refractivity contribution in [1.29, 1.82) is 0 Å². The number of ketones is 1. The molecule has 0 saturated carbocycles. The number of ether oxygens (including phenoxy) is 1. The number of methoxy groups -OCH3 is 1. The van der Waals surface area contributed by atoms with Crippen molar-refractivity contribution in [3.8, 4) is 16.9 Å². The third-order valence-corrected chi connectivity index (χ3v) is 5.83. The van der Waals surface area contributed by atoms with Gasteiger partial charge in [-0.25, -0.2) is 0 Å². The van der Waals surface area contributed by atoms with Gasteiger partial charge in [-0.3, -0.25) is 4.79 Å². The molecule has 5 heteroatoms. The minimum Gasteiger partial charge on any atom is -0.497 e. The molecule has 1 atom stereocenters. The molecule has 0 spiro atoms. The predicted molar refractivity (Wildman–Crippen MR) is 103 cm³/mol. The van der Waals surface area contributed by atoms with Crippen LogP contribution in [-0.2, 0) is 0 Å². The van der Waals surface area contributed by atoms with Crippen molar-refractivity contribution in [2.45, 2.75) is 5.92 Å². The first kappa shape index (κ1) is 16.2. The molecule has 1 aliphatic rings. The van der Waals surface area contributed by atoms with Crippen LogP contribution in [0.4, 0.5) is 5.00 Å². The van der Waals surface area contributed by atoms with E-state index in [4.69, 9.17) is 16.3 Å². The molecule has 0 amide bonds. The molecule has 1 unspecified atom stereocenters. The van der Waals surface area contributed by atoms with Gasteiger partial charge in [-0.1, -0.05) is 54.1 Å². The Hall–Kier alpha value is -2.30. The van der Waals surface area contributed by atoms with E-state index in [1.165, 1.54) is 11.3 Å². The van der Waals surface area contributed by atoms with Gasteiger partial charge in [0.1, 0.15) is 15.1 Å². The molecule has 3 aromatic rings. The maximum atomic E-state index is 13.3. The van der Waals surface area contributed by atoms with Crippen LogP contribution in [-0.4, -0.2) is 19.4 Å². The molecule has 25 heavy (non-hydrogen) atoms. The van der Waals surface area contributed by atoms with Gasteiger partial charge in [-0.2, -0.15) is 0 Å². The highest BCUT2D eigenvalue weighted by atomic mass is 35.5. The number of thiophene rings is 1. The lowest BCUT2D eigenvalue weighted by atomic mass is 9.86. The number of fused-ring (bicyclic) bond motifs is 1. The predicted octanol–water partition coefficient (Wildman–Crippen LogP) is 5.47. The first-order valence-corrected chi connectivity index (χ1v) is 9.18. The van der Waals surface area contributed by atoms with E-state index in [1.54, 1.807) is 7.11 Å². The third-order valence-electron chi connectivity index (χ3n) is 4.48. The van der Waals surface area contributed by atoms with Gasteiger partial charge in [0.25, 0.3) is 0 Å². The number of rotatable bonds is 3. The number of hydrogen-bond acceptors (Lipinski definition) is 4. The molecule has 0 bridgehead atoms. The van der Waals surface area contributed by atoms with Crippen LogP contribution in [0.5, 0.6) is 5.75 Å². The minimum atomic E-state index is -0.230. The van der Waals surface area contributed by atoms with Crippen LogP contribution < -0.4 is 10.1 Å². The first-order chi connectivity index (χ1) is 12.2. The average Bonchev–Trinajstić information content (AvgIpc) is 3.00. The van der Waals surface area contributed by atoms with E-state index in [1.807, 2.05) is 54.6 Å². The molecule has 0 saturated heterocycles. The number of halogens is 1. The summed E-state index contributed by atoms with van der Waals surface area (Å²) in [4.78, 5) is 13.3. The summed E-state index contributed by atoms with van der Waals surface area (Å²) in [5.41, 5.74) is 3.48. The summed E-state index contributed by atoms with van der Waals surface area (Å²) in [7, 11) is 1.63. The van der Waals surface area contributed by atoms with Crippen molar-refractivity contribution in [2.24, 2.45) is 0 Å². The standard InChI is InChI=1S/C20H16ClNO2S/c1-24-14-9-7-12(8-10-14)15-11-22-20-17(18(15)23)16(19(21)25-20)13-5-3-2-4-6-13/h2-10,15,22H,11H2,1H3. The van der Waals surface area contributed by atoms with Gasteiger partial charge < -0.3 is 10.1 Å². The van der Waals surface area contributed by atoms with Gasteiger partial charge in [-0.05, 0) is 23.3 Å². The second-order valence-electron chi connectivity index (χ2n) is 5.89. The summed E-state index contributed by atoms with van der Waals surface area (Å²) in [5, 5.41) is 4.24. The highest BCUT2D eigenvalue weighted by Gasteiger charge is 2.34. The molecule has 0 fully saturated rings. The highest BCUT2D eigenvalue weighted by molar-refractivity contribution is 7.21. The monoisotopic (exact) mass is 369 g/mol. The van der Waals surface area contributed by atoms with E-state index in [-0.39, 0.29) is 11.7 Å². The van der Waals surface area contributed by atoms with Crippen LogP contribution in [0.25, 0.3) is 11.1 Å². The molecule has 2 aromatic carbocycles. The lowest BCUT2D eigenvalue weighted by molar-refractivity contribution is 0.0961. The topological polar surface area (TPSA) is 38.3 Å². The normalized spacial score (nSPS) is 16.2. The molecule has 1 aromatic heterocycles. The first-order valence-electron chi connectivity index (χ1n) is 7.98. The molecular formula is C20H16ClNO2S. The lowest BCUT2D eigenvalue weighted by Crippen LogP contribution is -2.27. The van der Waals surface area contributed by atoms with E-state index in [2.05, 4.69) is 5.32 Å². The van der Waals surface area contributed by atoms with E-state index in [0.29, 0.717) is 16.4 Å². The summed E-state index contributed by atoms with van der Waals surface area (Å²) in [6.45, 7) is 0.573. The van der Waals surface area contributed by atoms with Gasteiger partial charge in [0.05, 0.1) is 18.6 Å². The molecule has 1 aliphatic heterocycles. The van der Waals surface area contributed by atoms with Gasteiger partial charge in [0.15, 0.2) is 5.78 Å². The Balaban J connectivity index is 1.77. The molecule has 0 radical (unpaired) electrons. The van der Waals surface area contributed by atoms with Crippen molar-refractivity contribution >= 4 is 33.7 Å². The second-order valence-corrected chi connectivity index (χ2v) is 7.51. The van der Waals surface area contributed by atoms with Crippen molar-refractivity contribution in [1.82, 2.24) is 0 Å². The summed E-state index contributed by atoms with van der Waals surface area (Å²) >= 11 is 7.91. The molecule has 1 N–H and O–H groups in total. The van der Waals surface area contributed by atoms with Gasteiger partial charge in [-0.15, -0.1) is 11.3 Å². The SMILES string of the molecule is COc1ccc(C2CNc3sc(Cl)c(-c4ccccc4)c3C2=O)cc1. The molecule has 4 rings (SSSR count). The Bertz CT molecular complexity index is 919. The van der Waals surface area contributed by atoms with Crippen LogP contribution in [0, 0.1) is 0 Å². The quantitative estimate of drug-likeness (QED) is 0.665. The number of anilines is 1. The zero-order chi connectivity index (χ0) is 17.4. The number of carbonyl (C=O) groups is 1. The number of hydrogen-bond donors (Lipinski definition) is 1. The minimum absolute atomic E-state index is 0.112. The van der Waals surface area contributed by atoms with E-state index in [0.717, 1.165) is 27.4 Å². The summed E-state index contributed by atoms with van der Waals surface area (Å²) in [6.07, 6.45) is 0. The van der Waals surface area contributed by atoms with Crippen molar-refractivity contribution < 1.29 is 9.53 Å². The smallest absolute Gasteiger partial charge is 0.175 e. The van der Waals surface area contributed by atoms with E-state index in [9.17, 15) is 4.79 Å². The maximum absolute atomic E-state index is 13.3. The number of Topliss-reactive ketones (excluding diaryl/α,β-unsaturated/α-hetero) is 1. The molecule has 126 valence electrons. The van der Waals surface area contributed by atoms with E-state index >= 15 is 0 Å². The van der Waals surface area contributed by atoms with Crippen molar-refractivity contribution in [3.63, 3.8) is 0 Å². The number of carbonyl (C=O) groups excluding carboxylic acids is 1. The Morgan fingerprint density at radius 2 is 1.80 bits per heavy atom. The van der Waals surface area contributed by atoms with Gasteiger partial charge in [0.2, 0.25) is 0 Å². The summed E-state index contributed by atoms with van der Waals surface area (Å²) < 4.78 is 5.85. The summed E-state index contributed by atoms with van der Waals surface area (Å²) in [5.74, 6) is 0.664. The Morgan fingerprint density at radius 1 is 1.08 bits per heavy atom. The second kappa shape index (κ2) is 6.54. The van der Waals surface area contributed by atoms with E-state index < -0.39 is 0 Å². The van der Waals surface area contributed by atoms with Crippen LogP contribution >= 0.6 is 22.9 Å². The fourth-order valence-electron chi connectivity index (χ4n) is 3.19. The summed E-state index contributed by atoms with van der Waals surface area (Å²) in [6, 6.07) is 17.5. The molecular weight excluding hydrogens is 354 g/mol. The molecule has 0 aliphatic carbocycles. The van der Waals surface area contributed by atoms with Crippen LogP contribution in [0.15, 0.2) is 54.6 Å². The number of nitrogens with one attached hydrogen (secondary N) is 1. The van der Waals surface area contributed by atoms with Gasteiger partial charge >= 0.3 is 0 Å². The fourth-order valence-corrected chi connectivity index (χ4v) is 4.59. The Kier molecular flexibility index (Phi) is 4.24. The average molecular weight is 370 g/mol. The zero-order valence-corrected chi connectivity index (χ0v) is 15.2. The van der Waals surface area contributed by atoms with Crippen molar-refractivity contribution in [2.75, 3.05) is 19.0 Å². The van der Waals surface area contributed by atoms with Crippen LogP contribution in [0.2, 0.25) is 4.34 Å². The zero-order valence-electron chi connectivity index (χ0n) is 13.6. The van der Waals surface area contributed by atoms with Crippen LogP contribution in [0.3, 0.4) is 0 Å². The van der Waals surface area contributed by atoms with Crippen LogP contribution in [0.1, 0.15) is 21.8 Å². The number of benzene rings is 2. The molecule has 2 heterocycles. The Labute approximate surface area is 155 Å². The fraction of sp³-hybridized carbons (Fsp3) is 0.150. The highest BCUT2D eigenvalue weighted by Crippen LogP contribution is 2.47.